The summed E-state index contributed by atoms with van der Waals surface area (Å²) in [5.74, 6) is 0. The molecule has 0 fully saturated rings. The molecule has 0 aromatic heterocycles. The zero-order valence-corrected chi connectivity index (χ0v) is 10.6. The van der Waals surface area contributed by atoms with Crippen molar-refractivity contribution in [3.8, 4) is 0 Å². The Labute approximate surface area is 97.5 Å². The Balaban J connectivity index is 3.37. The van der Waals surface area contributed by atoms with Crippen LogP contribution < -0.4 is 0 Å². The van der Waals surface area contributed by atoms with Crippen molar-refractivity contribution >= 4 is 50.9 Å². The van der Waals surface area contributed by atoms with Gasteiger partial charge in [0.15, 0.2) is 0 Å². The Kier molecular flexibility index (Phi) is 3.60. The van der Waals surface area contributed by atoms with Gasteiger partial charge in [0.25, 0.3) is 0 Å². The monoisotopic (exact) mass is 385 g/mol. The van der Waals surface area contributed by atoms with Crippen LogP contribution in [-0.4, -0.2) is 0 Å². The summed E-state index contributed by atoms with van der Waals surface area (Å²) in [5, 5.41) is 3.61. The van der Waals surface area contributed by atoms with Gasteiger partial charge in [0, 0.05) is 12.1 Å². The number of aryl methyl sites for hydroxylation is 1. The van der Waals surface area contributed by atoms with Gasteiger partial charge in [-0.15, -0.1) is 0 Å². The highest BCUT2D eigenvalue weighted by Crippen LogP contribution is 2.28. The summed E-state index contributed by atoms with van der Waals surface area (Å²) in [6.07, 6.45) is 0. The van der Waals surface area contributed by atoms with Crippen molar-refractivity contribution in [3.05, 3.63) is 35.3 Å². The molecule has 1 aromatic rings. The molecule has 0 aliphatic rings. The maximum absolute atomic E-state index is 8.29. The second-order valence-corrected chi connectivity index (χ2v) is 4.59. The van der Waals surface area contributed by atoms with Crippen LogP contribution in [0.5, 0.6) is 0 Å². The van der Waals surface area contributed by atoms with E-state index in [1.54, 1.807) is 0 Å². The maximum atomic E-state index is 8.29. The molecular weight excluding hydrogens is 380 g/mol. The number of nitrogens with zero attached hydrogens (tertiary/aromatic N) is 3. The van der Waals surface area contributed by atoms with E-state index >= 15 is 0 Å². The molecule has 0 amide bonds. The van der Waals surface area contributed by atoms with Gasteiger partial charge in [0.05, 0.1) is 5.69 Å². The van der Waals surface area contributed by atoms with Crippen LogP contribution in [0, 0.1) is 14.1 Å². The van der Waals surface area contributed by atoms with Gasteiger partial charge in [-0.2, -0.15) is 0 Å². The fraction of sp³-hybridized carbons (Fsp3) is 0.143. The molecule has 0 spiro atoms. The summed E-state index contributed by atoms with van der Waals surface area (Å²) in [6.45, 7) is 2.02. The van der Waals surface area contributed by atoms with E-state index in [1.165, 1.54) is 5.56 Å². The number of azide groups is 1. The zero-order valence-electron chi connectivity index (χ0n) is 6.25. The van der Waals surface area contributed by atoms with Crippen molar-refractivity contribution in [1.29, 1.82) is 0 Å². The van der Waals surface area contributed by atoms with Crippen molar-refractivity contribution in [2.45, 2.75) is 6.92 Å². The lowest BCUT2D eigenvalue weighted by atomic mass is 10.2. The SMILES string of the molecule is Cc1cc(I)c(N=[N+]=[N-])c(I)c1. The number of hydrogen-bond acceptors (Lipinski definition) is 1. The van der Waals surface area contributed by atoms with Crippen molar-refractivity contribution in [1.82, 2.24) is 0 Å². The van der Waals surface area contributed by atoms with Crippen molar-refractivity contribution < 1.29 is 0 Å². The predicted octanol–water partition coefficient (Wildman–Crippen LogP) is 4.15. The first kappa shape index (κ1) is 10.1. The van der Waals surface area contributed by atoms with Gasteiger partial charge >= 0.3 is 0 Å². The van der Waals surface area contributed by atoms with E-state index in [-0.39, 0.29) is 0 Å². The predicted molar refractivity (Wildman–Crippen MR) is 65.4 cm³/mol. The van der Waals surface area contributed by atoms with Crippen molar-refractivity contribution in [2.24, 2.45) is 5.11 Å². The second kappa shape index (κ2) is 4.29. The van der Waals surface area contributed by atoms with E-state index in [1.807, 2.05) is 19.1 Å². The molecule has 3 nitrogen and oxygen atoms in total. The van der Waals surface area contributed by atoms with Gasteiger partial charge in [0.2, 0.25) is 0 Å². The average Bonchev–Trinajstić information content (AvgIpc) is 1.96. The molecule has 0 atom stereocenters. The van der Waals surface area contributed by atoms with Crippen LogP contribution >= 0.6 is 45.2 Å². The van der Waals surface area contributed by atoms with Crippen LogP contribution in [0.1, 0.15) is 5.56 Å². The molecule has 1 aromatic carbocycles. The van der Waals surface area contributed by atoms with E-state index in [2.05, 4.69) is 55.2 Å². The number of rotatable bonds is 1. The minimum Gasteiger partial charge on any atom is -0.0586 e. The normalized spacial score (nSPS) is 9.25. The smallest absolute Gasteiger partial charge is 0.0586 e. The van der Waals surface area contributed by atoms with E-state index in [0.717, 1.165) is 12.8 Å². The summed E-state index contributed by atoms with van der Waals surface area (Å²) >= 11 is 4.33. The van der Waals surface area contributed by atoms with Crippen LogP contribution in [0.2, 0.25) is 0 Å². The lowest BCUT2D eigenvalue weighted by molar-refractivity contribution is 1.36. The molecule has 0 aliphatic carbocycles. The number of hydrogen-bond donors (Lipinski definition) is 0. The maximum Gasteiger partial charge on any atom is 0.0642 e. The van der Waals surface area contributed by atoms with E-state index in [9.17, 15) is 0 Å². The largest absolute Gasteiger partial charge is 0.0642 e. The summed E-state index contributed by atoms with van der Waals surface area (Å²) in [5.41, 5.74) is 10.2. The molecule has 0 aliphatic heterocycles. The van der Waals surface area contributed by atoms with E-state index in [4.69, 9.17) is 5.53 Å². The molecule has 62 valence electrons. The zero-order chi connectivity index (χ0) is 9.14. The van der Waals surface area contributed by atoms with Gasteiger partial charge in [-0.05, 0) is 75.3 Å². The third-order valence-electron chi connectivity index (χ3n) is 1.31. The van der Waals surface area contributed by atoms with Gasteiger partial charge in [0.1, 0.15) is 0 Å². The molecule has 0 bridgehead atoms. The van der Waals surface area contributed by atoms with Gasteiger partial charge in [-0.1, -0.05) is 5.11 Å². The molecule has 0 saturated carbocycles. The van der Waals surface area contributed by atoms with Crippen LogP contribution in [0.25, 0.3) is 10.4 Å². The lowest BCUT2D eigenvalue weighted by Gasteiger charge is -2.01. The highest BCUT2D eigenvalue weighted by Gasteiger charge is 2.02. The molecule has 0 unspecified atom stereocenters. The van der Waals surface area contributed by atoms with Gasteiger partial charge < -0.3 is 0 Å². The quantitative estimate of drug-likeness (QED) is 0.302. The molecule has 1 rings (SSSR count). The van der Waals surface area contributed by atoms with Crippen LogP contribution in [0.15, 0.2) is 17.2 Å². The Morgan fingerprint density at radius 1 is 1.33 bits per heavy atom. The Hall–Kier alpha value is -0.0100. The van der Waals surface area contributed by atoms with Gasteiger partial charge in [-0.25, -0.2) is 0 Å². The molecular formula is C7H5I2N3. The molecule has 0 heterocycles. The average molecular weight is 385 g/mol. The summed E-state index contributed by atoms with van der Waals surface area (Å²) in [6, 6.07) is 3.99. The van der Waals surface area contributed by atoms with Crippen LogP contribution in [0.4, 0.5) is 5.69 Å². The molecule has 12 heavy (non-hydrogen) atoms. The lowest BCUT2D eigenvalue weighted by Crippen LogP contribution is -1.81. The first-order valence-corrected chi connectivity index (χ1v) is 5.31. The summed E-state index contributed by atoms with van der Waals surface area (Å²) < 4.78 is 1.99. The van der Waals surface area contributed by atoms with Crippen LogP contribution in [0.3, 0.4) is 0 Å². The standard InChI is InChI=1S/C7H5I2N3/c1-4-2-5(8)7(11-12-10)6(9)3-4/h2-3H,1H3. The Bertz CT molecular complexity index is 333. The van der Waals surface area contributed by atoms with Gasteiger partial charge in [-0.3, -0.25) is 0 Å². The molecule has 0 radical (unpaired) electrons. The van der Waals surface area contributed by atoms with E-state index < -0.39 is 0 Å². The Morgan fingerprint density at radius 3 is 2.25 bits per heavy atom. The summed E-state index contributed by atoms with van der Waals surface area (Å²) in [7, 11) is 0. The second-order valence-electron chi connectivity index (χ2n) is 2.27. The van der Waals surface area contributed by atoms with Crippen molar-refractivity contribution in [2.75, 3.05) is 0 Å². The minimum absolute atomic E-state index is 0.726. The highest BCUT2D eigenvalue weighted by atomic mass is 127. The first-order chi connectivity index (χ1) is 5.65. The molecule has 0 saturated heterocycles. The highest BCUT2D eigenvalue weighted by molar-refractivity contribution is 14.1. The van der Waals surface area contributed by atoms with Crippen LogP contribution in [-0.2, 0) is 0 Å². The third-order valence-corrected chi connectivity index (χ3v) is 2.95. The summed E-state index contributed by atoms with van der Waals surface area (Å²) in [4.78, 5) is 2.77. The fourth-order valence-corrected chi connectivity index (χ4v) is 3.13. The first-order valence-electron chi connectivity index (χ1n) is 3.16. The molecule has 5 heteroatoms. The Morgan fingerprint density at radius 2 is 1.83 bits per heavy atom. The van der Waals surface area contributed by atoms with Crippen molar-refractivity contribution in [3.63, 3.8) is 0 Å². The topological polar surface area (TPSA) is 48.8 Å². The minimum atomic E-state index is 0.726. The third kappa shape index (κ3) is 2.24. The fourth-order valence-electron chi connectivity index (χ4n) is 0.832. The van der Waals surface area contributed by atoms with E-state index in [0.29, 0.717) is 0 Å². The number of benzene rings is 1. The molecule has 0 N–H and O–H groups in total. The number of halogens is 2.